The molecule has 1 N–H and O–H groups in total. The van der Waals surface area contributed by atoms with Crippen LogP contribution in [0.2, 0.25) is 0 Å². The van der Waals surface area contributed by atoms with Crippen molar-refractivity contribution in [1.82, 2.24) is 0 Å². The van der Waals surface area contributed by atoms with E-state index in [0.717, 1.165) is 11.1 Å². The van der Waals surface area contributed by atoms with Crippen molar-refractivity contribution >= 4 is 21.7 Å². The van der Waals surface area contributed by atoms with Crippen molar-refractivity contribution in [1.29, 1.82) is 0 Å². The van der Waals surface area contributed by atoms with E-state index < -0.39 is 16.0 Å². The fraction of sp³-hybridized carbons (Fsp3) is 0.235. The van der Waals surface area contributed by atoms with Gasteiger partial charge in [0.15, 0.2) is 0 Å². The van der Waals surface area contributed by atoms with Gasteiger partial charge in [-0.1, -0.05) is 18.2 Å². The Hall–Kier alpha value is -2.34. The first-order chi connectivity index (χ1) is 10.7. The topological polar surface area (TPSA) is 72.5 Å². The summed E-state index contributed by atoms with van der Waals surface area (Å²) in [5, 5.41) is 0. The van der Waals surface area contributed by atoms with Crippen LogP contribution in [0, 0.1) is 20.8 Å². The molecule has 0 aliphatic heterocycles. The molecular formula is C17H19NO4S. The molecule has 0 aliphatic carbocycles. The van der Waals surface area contributed by atoms with Gasteiger partial charge in [0.1, 0.15) is 0 Å². The van der Waals surface area contributed by atoms with E-state index in [1.165, 1.54) is 19.2 Å². The van der Waals surface area contributed by atoms with Crippen LogP contribution in [0.1, 0.15) is 27.0 Å². The summed E-state index contributed by atoms with van der Waals surface area (Å²) in [5.41, 5.74) is 3.18. The lowest BCUT2D eigenvalue weighted by Crippen LogP contribution is -2.15. The third-order valence-corrected chi connectivity index (χ3v) is 4.93. The Labute approximate surface area is 136 Å². The molecular weight excluding hydrogens is 314 g/mol. The van der Waals surface area contributed by atoms with Gasteiger partial charge in [0.2, 0.25) is 0 Å². The van der Waals surface area contributed by atoms with Gasteiger partial charge in [-0.05, 0) is 55.7 Å². The number of anilines is 1. The number of methoxy groups -OCH3 is 1. The molecule has 0 aromatic heterocycles. The van der Waals surface area contributed by atoms with Crippen LogP contribution < -0.4 is 4.72 Å². The first-order valence-electron chi connectivity index (χ1n) is 7.03. The minimum Gasteiger partial charge on any atom is -0.465 e. The Bertz CT molecular complexity index is 857. The van der Waals surface area contributed by atoms with Crippen LogP contribution in [0.4, 0.5) is 5.69 Å². The number of hydrogen-bond acceptors (Lipinski definition) is 4. The molecule has 2 aromatic carbocycles. The van der Waals surface area contributed by atoms with Crippen molar-refractivity contribution in [3.05, 3.63) is 58.7 Å². The van der Waals surface area contributed by atoms with Crippen LogP contribution in [0.15, 0.2) is 41.3 Å². The number of hydrogen-bond donors (Lipinski definition) is 1. The number of aryl methyl sites for hydroxylation is 3. The quantitative estimate of drug-likeness (QED) is 0.872. The second-order valence-corrected chi connectivity index (χ2v) is 7.07. The molecule has 2 rings (SSSR count). The molecule has 0 spiro atoms. The lowest BCUT2D eigenvalue weighted by molar-refractivity contribution is 0.0599. The van der Waals surface area contributed by atoms with Crippen LogP contribution >= 0.6 is 0 Å². The second kappa shape index (κ2) is 6.42. The van der Waals surface area contributed by atoms with E-state index in [0.29, 0.717) is 11.3 Å². The molecule has 5 nitrogen and oxygen atoms in total. The summed E-state index contributed by atoms with van der Waals surface area (Å²) in [6, 6.07) is 9.91. The molecule has 0 amide bonds. The summed E-state index contributed by atoms with van der Waals surface area (Å²) in [6.45, 7) is 5.44. The molecule has 0 saturated carbocycles. The van der Waals surface area contributed by atoms with Gasteiger partial charge in [-0.15, -0.1) is 0 Å². The zero-order valence-corrected chi connectivity index (χ0v) is 14.3. The molecule has 0 bridgehead atoms. The van der Waals surface area contributed by atoms with Gasteiger partial charge in [0.25, 0.3) is 10.0 Å². The molecule has 0 atom stereocenters. The van der Waals surface area contributed by atoms with E-state index in [1.54, 1.807) is 19.1 Å². The van der Waals surface area contributed by atoms with Gasteiger partial charge in [0, 0.05) is 0 Å². The molecule has 122 valence electrons. The standard InChI is InChI=1S/C17H19NO4S/c1-11-5-6-13(3)16(9-11)18-23(20,21)14-8-7-12(2)15(10-14)17(19)22-4/h5-10,18H,1-4H3. The Morgan fingerprint density at radius 3 is 2.30 bits per heavy atom. The SMILES string of the molecule is COC(=O)c1cc(S(=O)(=O)Nc2cc(C)ccc2C)ccc1C. The van der Waals surface area contributed by atoms with E-state index in [-0.39, 0.29) is 10.5 Å². The fourth-order valence-corrected chi connectivity index (χ4v) is 3.30. The Balaban J connectivity index is 2.44. The van der Waals surface area contributed by atoms with Crippen LogP contribution in [0.25, 0.3) is 0 Å². The monoisotopic (exact) mass is 333 g/mol. The maximum atomic E-state index is 12.6. The lowest BCUT2D eigenvalue weighted by Gasteiger charge is -2.13. The van der Waals surface area contributed by atoms with E-state index in [4.69, 9.17) is 0 Å². The van der Waals surface area contributed by atoms with Crippen LogP contribution in [0.3, 0.4) is 0 Å². The third kappa shape index (κ3) is 3.71. The largest absolute Gasteiger partial charge is 0.465 e. The molecule has 0 heterocycles. The normalized spacial score (nSPS) is 11.1. The molecule has 0 fully saturated rings. The van der Waals surface area contributed by atoms with Gasteiger partial charge in [-0.3, -0.25) is 4.72 Å². The number of carbonyl (C=O) groups is 1. The molecule has 2 aromatic rings. The van der Waals surface area contributed by atoms with Crippen molar-refractivity contribution in [2.24, 2.45) is 0 Å². The zero-order valence-electron chi connectivity index (χ0n) is 13.5. The van der Waals surface area contributed by atoms with E-state index in [9.17, 15) is 13.2 Å². The molecule has 0 saturated heterocycles. The molecule has 0 aliphatic rings. The Morgan fingerprint density at radius 2 is 1.65 bits per heavy atom. The first kappa shape index (κ1) is 17.0. The van der Waals surface area contributed by atoms with Gasteiger partial charge in [0.05, 0.1) is 23.3 Å². The second-order valence-electron chi connectivity index (χ2n) is 5.39. The van der Waals surface area contributed by atoms with Gasteiger partial charge >= 0.3 is 5.97 Å². The highest BCUT2D eigenvalue weighted by molar-refractivity contribution is 7.92. The highest BCUT2D eigenvalue weighted by Gasteiger charge is 2.19. The highest BCUT2D eigenvalue weighted by atomic mass is 32.2. The highest BCUT2D eigenvalue weighted by Crippen LogP contribution is 2.22. The average molecular weight is 333 g/mol. The summed E-state index contributed by atoms with van der Waals surface area (Å²) in [6.07, 6.45) is 0. The summed E-state index contributed by atoms with van der Waals surface area (Å²) >= 11 is 0. The third-order valence-electron chi connectivity index (χ3n) is 3.56. The average Bonchev–Trinajstić information content (AvgIpc) is 2.50. The number of sulfonamides is 1. The van der Waals surface area contributed by atoms with Gasteiger partial charge in [-0.2, -0.15) is 0 Å². The smallest absolute Gasteiger partial charge is 0.338 e. The van der Waals surface area contributed by atoms with Crippen molar-refractivity contribution in [2.45, 2.75) is 25.7 Å². The predicted octanol–water partition coefficient (Wildman–Crippen LogP) is 3.20. The molecule has 6 heteroatoms. The molecule has 0 unspecified atom stereocenters. The number of esters is 1. The number of rotatable bonds is 4. The van der Waals surface area contributed by atoms with E-state index in [1.807, 2.05) is 26.0 Å². The Morgan fingerprint density at radius 1 is 1.00 bits per heavy atom. The van der Waals surface area contributed by atoms with Crippen molar-refractivity contribution < 1.29 is 17.9 Å². The summed E-state index contributed by atoms with van der Waals surface area (Å²) < 4.78 is 32.4. The van der Waals surface area contributed by atoms with Gasteiger partial charge < -0.3 is 4.74 Å². The maximum absolute atomic E-state index is 12.6. The number of nitrogens with one attached hydrogen (secondary N) is 1. The maximum Gasteiger partial charge on any atom is 0.338 e. The predicted molar refractivity (Wildman–Crippen MR) is 89.2 cm³/mol. The van der Waals surface area contributed by atoms with Crippen molar-refractivity contribution in [3.63, 3.8) is 0 Å². The zero-order chi connectivity index (χ0) is 17.2. The number of ether oxygens (including phenoxy) is 1. The van der Waals surface area contributed by atoms with E-state index in [2.05, 4.69) is 9.46 Å². The van der Waals surface area contributed by atoms with Crippen molar-refractivity contribution in [3.8, 4) is 0 Å². The first-order valence-corrected chi connectivity index (χ1v) is 8.52. The number of carbonyl (C=O) groups excluding carboxylic acids is 1. The Kier molecular flexibility index (Phi) is 4.75. The molecule has 0 radical (unpaired) electrons. The summed E-state index contributed by atoms with van der Waals surface area (Å²) in [4.78, 5) is 11.8. The summed E-state index contributed by atoms with van der Waals surface area (Å²) in [7, 11) is -2.53. The van der Waals surface area contributed by atoms with Crippen molar-refractivity contribution in [2.75, 3.05) is 11.8 Å². The lowest BCUT2D eigenvalue weighted by atomic mass is 10.1. The minimum absolute atomic E-state index is 0.0180. The van der Waals surface area contributed by atoms with Gasteiger partial charge in [-0.25, -0.2) is 13.2 Å². The van der Waals surface area contributed by atoms with Crippen LogP contribution in [-0.4, -0.2) is 21.5 Å². The number of benzene rings is 2. The minimum atomic E-state index is -3.79. The van der Waals surface area contributed by atoms with Crippen LogP contribution in [-0.2, 0) is 14.8 Å². The van der Waals surface area contributed by atoms with E-state index >= 15 is 0 Å². The molecule has 23 heavy (non-hydrogen) atoms. The summed E-state index contributed by atoms with van der Waals surface area (Å²) in [5.74, 6) is -0.564. The fourth-order valence-electron chi connectivity index (χ4n) is 2.15. The van der Waals surface area contributed by atoms with Crippen LogP contribution in [0.5, 0.6) is 0 Å².